The maximum Gasteiger partial charge on any atom is 0.225 e. The fraction of sp³-hybridized carbons (Fsp3) is 0.346. The van der Waals surface area contributed by atoms with Crippen molar-refractivity contribution < 1.29 is 4.79 Å². The molecule has 34 heavy (non-hydrogen) atoms. The Labute approximate surface area is 208 Å². The molecule has 3 heterocycles. The van der Waals surface area contributed by atoms with Crippen molar-refractivity contribution >= 4 is 44.3 Å². The number of anilines is 1. The Balaban J connectivity index is 1.32. The lowest BCUT2D eigenvalue weighted by molar-refractivity contribution is -0.125. The molecule has 8 heteroatoms. The van der Waals surface area contributed by atoms with Gasteiger partial charge < -0.3 is 10.2 Å². The Kier molecular flexibility index (Phi) is 6.32. The van der Waals surface area contributed by atoms with Crippen LogP contribution >= 0.6 is 22.9 Å². The van der Waals surface area contributed by atoms with Crippen LogP contribution in [0.5, 0.6) is 0 Å². The van der Waals surface area contributed by atoms with E-state index in [-0.39, 0.29) is 17.9 Å². The van der Waals surface area contributed by atoms with Gasteiger partial charge in [-0.1, -0.05) is 52.8 Å². The molecule has 4 aromatic rings. The van der Waals surface area contributed by atoms with Crippen LogP contribution in [0.15, 0.2) is 48.5 Å². The monoisotopic (exact) mass is 493 g/mol. The van der Waals surface area contributed by atoms with E-state index in [0.717, 1.165) is 51.8 Å². The Bertz CT molecular complexity index is 1310. The molecule has 176 valence electrons. The Hall–Kier alpha value is -2.90. The van der Waals surface area contributed by atoms with Crippen molar-refractivity contribution in [2.24, 2.45) is 5.92 Å². The molecule has 1 N–H and O–H groups in total. The maximum absolute atomic E-state index is 13.1. The van der Waals surface area contributed by atoms with Crippen molar-refractivity contribution in [3.05, 3.63) is 70.4 Å². The number of hydrogen-bond donors (Lipinski definition) is 1. The third-order valence-corrected chi connectivity index (χ3v) is 7.91. The zero-order chi connectivity index (χ0) is 23.8. The lowest BCUT2D eigenvalue weighted by atomic mass is 9.96. The Morgan fingerprint density at radius 1 is 1.15 bits per heavy atom. The van der Waals surface area contributed by atoms with Crippen molar-refractivity contribution in [1.29, 1.82) is 0 Å². The number of rotatable bonds is 5. The summed E-state index contributed by atoms with van der Waals surface area (Å²) in [4.78, 5) is 20.3. The molecule has 0 spiro atoms. The van der Waals surface area contributed by atoms with Gasteiger partial charge in [-0.15, -0.1) is 0 Å². The van der Waals surface area contributed by atoms with Gasteiger partial charge in [0.15, 0.2) is 10.8 Å². The maximum atomic E-state index is 13.1. The average Bonchev–Trinajstić information content (AvgIpc) is 3.41. The number of halogens is 1. The van der Waals surface area contributed by atoms with E-state index < -0.39 is 0 Å². The van der Waals surface area contributed by atoms with E-state index in [4.69, 9.17) is 16.6 Å². The summed E-state index contributed by atoms with van der Waals surface area (Å²) in [7, 11) is 0. The number of carbonyl (C=O) groups excluding carboxylic acids is 1. The number of nitrogens with one attached hydrogen (secondary N) is 1. The van der Waals surface area contributed by atoms with Crippen LogP contribution < -0.4 is 10.2 Å². The van der Waals surface area contributed by atoms with Gasteiger partial charge in [0.25, 0.3) is 0 Å². The quantitative estimate of drug-likeness (QED) is 0.379. The molecule has 0 aliphatic carbocycles. The van der Waals surface area contributed by atoms with Gasteiger partial charge in [0.05, 0.1) is 28.0 Å². The number of carbonyl (C=O) groups is 1. The second-order valence-electron chi connectivity index (χ2n) is 9.05. The van der Waals surface area contributed by atoms with Crippen LogP contribution in [0.4, 0.5) is 5.13 Å². The van der Waals surface area contributed by atoms with Crippen molar-refractivity contribution in [3.8, 4) is 5.69 Å². The van der Waals surface area contributed by atoms with Crippen LogP contribution in [0.3, 0.4) is 0 Å². The number of amides is 1. The first-order valence-electron chi connectivity index (χ1n) is 11.6. The average molecular weight is 494 g/mol. The molecular formula is C26H28ClN5OS. The van der Waals surface area contributed by atoms with Crippen molar-refractivity contribution in [3.63, 3.8) is 0 Å². The third-order valence-electron chi connectivity index (χ3n) is 6.45. The number of aryl methyl sites for hydroxylation is 2. The first-order valence-corrected chi connectivity index (χ1v) is 12.8. The normalized spacial score (nSPS) is 17.2. The molecule has 1 saturated heterocycles. The minimum Gasteiger partial charge on any atom is -0.349 e. The summed E-state index contributed by atoms with van der Waals surface area (Å²) in [6, 6.07) is 15.9. The van der Waals surface area contributed by atoms with E-state index in [0.29, 0.717) is 11.6 Å². The summed E-state index contributed by atoms with van der Waals surface area (Å²) in [5.74, 6) is 0.0601. The van der Waals surface area contributed by atoms with Crippen LogP contribution in [0.25, 0.3) is 16.0 Å². The molecule has 0 radical (unpaired) electrons. The van der Waals surface area contributed by atoms with Gasteiger partial charge in [-0.3, -0.25) is 4.79 Å². The van der Waals surface area contributed by atoms with Gasteiger partial charge in [0, 0.05) is 18.1 Å². The van der Waals surface area contributed by atoms with E-state index in [9.17, 15) is 4.79 Å². The highest BCUT2D eigenvalue weighted by atomic mass is 35.5. The summed E-state index contributed by atoms with van der Waals surface area (Å²) >= 11 is 7.71. The Morgan fingerprint density at radius 3 is 2.62 bits per heavy atom. The van der Waals surface area contributed by atoms with E-state index >= 15 is 0 Å². The first kappa shape index (κ1) is 22.9. The number of piperidine rings is 1. The van der Waals surface area contributed by atoms with Gasteiger partial charge in [0.1, 0.15) is 0 Å². The molecule has 0 unspecified atom stereocenters. The fourth-order valence-corrected chi connectivity index (χ4v) is 5.60. The standard InChI is InChI=1S/C26H28ClN5OS/c1-16-6-8-19(9-7-16)17(2)28-25(33)20-5-4-14-31(15-20)26-29-24-23(34-26)18(3)30-32(24)22-12-10-21(27)11-13-22/h6-13,17,20H,4-5,14-15H2,1-3H3,(H,28,33)/t17-,20-/m1/s1. The predicted octanol–water partition coefficient (Wildman–Crippen LogP) is 5.85. The van der Waals surface area contributed by atoms with E-state index in [2.05, 4.69) is 46.5 Å². The number of thiazole rings is 1. The van der Waals surface area contributed by atoms with Crippen LogP contribution in [0.1, 0.15) is 42.6 Å². The molecule has 1 amide bonds. The van der Waals surface area contributed by atoms with E-state index in [1.165, 1.54) is 5.56 Å². The molecule has 6 nitrogen and oxygen atoms in total. The highest BCUT2D eigenvalue weighted by Gasteiger charge is 2.29. The predicted molar refractivity (Wildman–Crippen MR) is 139 cm³/mol. The molecule has 5 rings (SSSR count). The second kappa shape index (κ2) is 9.39. The zero-order valence-electron chi connectivity index (χ0n) is 19.6. The minimum atomic E-state index is -0.0532. The number of benzene rings is 2. The second-order valence-corrected chi connectivity index (χ2v) is 10.5. The molecule has 0 bridgehead atoms. The van der Waals surface area contributed by atoms with E-state index in [1.807, 2.05) is 42.8 Å². The molecule has 0 saturated carbocycles. The van der Waals surface area contributed by atoms with Crippen LogP contribution in [0, 0.1) is 19.8 Å². The summed E-state index contributed by atoms with van der Waals surface area (Å²) < 4.78 is 2.95. The summed E-state index contributed by atoms with van der Waals surface area (Å²) in [5.41, 5.74) is 5.07. The van der Waals surface area contributed by atoms with Crippen molar-refractivity contribution in [2.75, 3.05) is 18.0 Å². The summed E-state index contributed by atoms with van der Waals surface area (Å²) in [6.45, 7) is 7.70. The molecule has 2 aromatic carbocycles. The van der Waals surface area contributed by atoms with Gasteiger partial charge in [0.2, 0.25) is 5.91 Å². The summed E-state index contributed by atoms with van der Waals surface area (Å²) in [6.07, 6.45) is 1.86. The fourth-order valence-electron chi connectivity index (χ4n) is 4.46. The van der Waals surface area contributed by atoms with E-state index in [1.54, 1.807) is 11.3 Å². The molecule has 1 fully saturated rings. The Morgan fingerprint density at radius 2 is 1.88 bits per heavy atom. The number of fused-ring (bicyclic) bond motifs is 1. The van der Waals surface area contributed by atoms with Gasteiger partial charge in [-0.2, -0.15) is 10.1 Å². The van der Waals surface area contributed by atoms with Crippen LogP contribution in [0.2, 0.25) is 5.02 Å². The lowest BCUT2D eigenvalue weighted by Crippen LogP contribution is -2.43. The number of aromatic nitrogens is 3. The molecule has 1 aliphatic heterocycles. The lowest BCUT2D eigenvalue weighted by Gasteiger charge is -2.32. The third kappa shape index (κ3) is 4.55. The largest absolute Gasteiger partial charge is 0.349 e. The molecule has 2 aromatic heterocycles. The highest BCUT2D eigenvalue weighted by Crippen LogP contribution is 2.34. The van der Waals surface area contributed by atoms with Crippen LogP contribution in [-0.4, -0.2) is 33.8 Å². The SMILES string of the molecule is Cc1ccc([C@@H](C)NC(=O)[C@@H]2CCCN(c3nc4c(s3)c(C)nn4-c3ccc(Cl)cc3)C2)cc1. The topological polar surface area (TPSA) is 63.1 Å². The van der Waals surface area contributed by atoms with Gasteiger partial charge in [-0.05, 0) is 63.4 Å². The van der Waals surface area contributed by atoms with Gasteiger partial charge in [-0.25, -0.2) is 4.68 Å². The smallest absolute Gasteiger partial charge is 0.225 e. The molecule has 1 aliphatic rings. The van der Waals surface area contributed by atoms with Crippen molar-refractivity contribution in [1.82, 2.24) is 20.1 Å². The zero-order valence-corrected chi connectivity index (χ0v) is 21.2. The number of hydrogen-bond acceptors (Lipinski definition) is 5. The minimum absolute atomic E-state index is 0.0149. The first-order chi connectivity index (χ1) is 16.4. The molecular weight excluding hydrogens is 466 g/mol. The summed E-state index contributed by atoms with van der Waals surface area (Å²) in [5, 5.41) is 9.54. The molecule has 2 atom stereocenters. The van der Waals surface area contributed by atoms with Crippen LogP contribution in [-0.2, 0) is 4.79 Å². The number of nitrogens with zero attached hydrogens (tertiary/aromatic N) is 4. The van der Waals surface area contributed by atoms with Crippen molar-refractivity contribution in [2.45, 2.75) is 39.7 Å². The van der Waals surface area contributed by atoms with Gasteiger partial charge >= 0.3 is 0 Å². The highest BCUT2D eigenvalue weighted by molar-refractivity contribution is 7.22.